The van der Waals surface area contributed by atoms with Crippen LogP contribution in [0.2, 0.25) is 0 Å². The Morgan fingerprint density at radius 3 is 2.64 bits per heavy atom. The van der Waals surface area contributed by atoms with Gasteiger partial charge in [-0.3, -0.25) is 9.59 Å². The number of aliphatic hydroxyl groups excluding tert-OH is 2. The molecule has 0 bridgehead atoms. The number of nitrogens with zero attached hydrogens (tertiary/aromatic N) is 1. The van der Waals surface area contributed by atoms with Gasteiger partial charge in [0.15, 0.2) is 5.78 Å². The minimum atomic E-state index is -1.13. The molecule has 3 N–H and O–H groups in total. The van der Waals surface area contributed by atoms with Crippen molar-refractivity contribution in [2.24, 2.45) is 28.6 Å². The van der Waals surface area contributed by atoms with E-state index in [-0.39, 0.29) is 48.0 Å². The van der Waals surface area contributed by atoms with Crippen LogP contribution >= 0.6 is 0 Å². The van der Waals surface area contributed by atoms with Crippen molar-refractivity contribution in [3.63, 3.8) is 0 Å². The molecule has 1 heterocycles. The monoisotopic (exact) mass is 501 g/mol. The number of ketones is 1. The van der Waals surface area contributed by atoms with Crippen LogP contribution in [0.5, 0.6) is 0 Å². The van der Waals surface area contributed by atoms with Crippen molar-refractivity contribution in [1.29, 1.82) is 0 Å². The van der Waals surface area contributed by atoms with Gasteiger partial charge in [-0.1, -0.05) is 20.4 Å². The Morgan fingerprint density at radius 1 is 1.22 bits per heavy atom. The lowest BCUT2D eigenvalue weighted by atomic mass is 9.46. The number of fused-ring (bicyclic) bond motifs is 5. The molecule has 0 spiro atoms. The number of aliphatic hydroxyl groups is 3. The highest BCUT2D eigenvalue weighted by Gasteiger charge is 2.67. The Hall–Kier alpha value is -1.54. The van der Waals surface area contributed by atoms with Gasteiger partial charge in [0.05, 0.1) is 23.9 Å². The molecule has 200 valence electrons. The van der Waals surface area contributed by atoms with E-state index in [0.29, 0.717) is 19.4 Å². The van der Waals surface area contributed by atoms with Crippen LogP contribution in [0.4, 0.5) is 0 Å². The minimum Gasteiger partial charge on any atom is -0.390 e. The van der Waals surface area contributed by atoms with E-state index in [2.05, 4.69) is 27.4 Å². The van der Waals surface area contributed by atoms with Crippen LogP contribution in [-0.2, 0) is 14.3 Å². The summed E-state index contributed by atoms with van der Waals surface area (Å²) >= 11 is 0. The molecular formula is C29H43NO6. The molecule has 7 nitrogen and oxygen atoms in total. The normalized spacial score (nSPS) is 46.8. The summed E-state index contributed by atoms with van der Waals surface area (Å²) in [5.74, 6) is -0.421. The molecule has 5 aliphatic rings. The fourth-order valence-electron chi connectivity index (χ4n) is 8.98. The number of carbonyl (C=O) groups excluding carboxylic acids is 2. The molecule has 0 aromatic carbocycles. The van der Waals surface area contributed by atoms with Crippen LogP contribution in [0, 0.1) is 28.6 Å². The maximum Gasteiger partial charge on any atom is 0.246 e. The molecule has 36 heavy (non-hydrogen) atoms. The van der Waals surface area contributed by atoms with E-state index in [4.69, 9.17) is 4.74 Å². The van der Waals surface area contributed by atoms with Crippen molar-refractivity contribution in [1.82, 2.24) is 4.90 Å². The second-order valence-corrected chi connectivity index (χ2v) is 12.7. The number of hydrogen-bond donors (Lipinski definition) is 3. The lowest BCUT2D eigenvalue weighted by Crippen LogP contribution is -2.61. The Bertz CT molecular complexity index is 957. The molecule has 4 fully saturated rings. The van der Waals surface area contributed by atoms with Crippen LogP contribution in [0.25, 0.3) is 0 Å². The van der Waals surface area contributed by atoms with Crippen LogP contribution in [0.3, 0.4) is 0 Å². The quantitative estimate of drug-likeness (QED) is 0.500. The molecule has 5 rings (SSSR count). The second-order valence-electron chi connectivity index (χ2n) is 12.7. The molecule has 1 saturated heterocycles. The van der Waals surface area contributed by atoms with Crippen molar-refractivity contribution < 1.29 is 29.6 Å². The number of allylic oxidation sites excluding steroid dienone is 1. The lowest BCUT2D eigenvalue weighted by Gasteiger charge is -2.60. The Kier molecular flexibility index (Phi) is 6.55. The van der Waals surface area contributed by atoms with Gasteiger partial charge in [0.2, 0.25) is 5.91 Å². The van der Waals surface area contributed by atoms with Gasteiger partial charge >= 0.3 is 0 Å². The van der Waals surface area contributed by atoms with Gasteiger partial charge in [-0.05, 0) is 93.3 Å². The maximum absolute atomic E-state index is 13.4. The molecule has 1 amide bonds. The van der Waals surface area contributed by atoms with E-state index in [1.165, 1.54) is 6.08 Å². The van der Waals surface area contributed by atoms with E-state index in [1.807, 2.05) is 4.90 Å². The summed E-state index contributed by atoms with van der Waals surface area (Å²) in [5.41, 5.74) is -1.28. The first-order chi connectivity index (χ1) is 17.0. The van der Waals surface area contributed by atoms with E-state index in [0.717, 1.165) is 44.3 Å². The molecule has 3 saturated carbocycles. The molecule has 0 radical (unpaired) electrons. The first kappa shape index (κ1) is 26.1. The average Bonchev–Trinajstić information content (AvgIpc) is 3.44. The molecule has 7 heteroatoms. The standard InChI is InChI=1S/C29H43NO6/c1-5-26(34)30(16-18-7-6-12-36-18)17(2)19-9-11-29(35)21-13-23(31)22-14-24(32)25(33)15-27(22,3)20(21)8-10-28(19,29)4/h5,13,17-20,22,24-25,32-33,35H,1,6-12,14-16H2,2-4H3. The highest BCUT2D eigenvalue weighted by atomic mass is 16.5. The zero-order valence-electron chi connectivity index (χ0n) is 22.0. The Morgan fingerprint density at radius 2 is 1.97 bits per heavy atom. The molecule has 4 aliphatic carbocycles. The van der Waals surface area contributed by atoms with Crippen molar-refractivity contribution >= 4 is 11.7 Å². The fourth-order valence-corrected chi connectivity index (χ4v) is 8.98. The SMILES string of the molecule is C=CC(=O)N(CC1CCCO1)C(C)C1CCC2(O)C3=CC(=O)C4CC(O)C(O)CC4(C)C3CCC12C. The van der Waals surface area contributed by atoms with Crippen molar-refractivity contribution in [2.75, 3.05) is 13.2 Å². The Labute approximate surface area is 214 Å². The third-order valence-corrected chi connectivity index (χ3v) is 11.1. The second kappa shape index (κ2) is 9.04. The largest absolute Gasteiger partial charge is 0.390 e. The van der Waals surface area contributed by atoms with Gasteiger partial charge < -0.3 is 25.0 Å². The summed E-state index contributed by atoms with van der Waals surface area (Å²) in [5, 5.41) is 33.2. The first-order valence-corrected chi connectivity index (χ1v) is 13.9. The number of ether oxygens (including phenoxy) is 1. The van der Waals surface area contributed by atoms with E-state index >= 15 is 0 Å². The summed E-state index contributed by atoms with van der Waals surface area (Å²) in [6.07, 6.45) is 6.85. The summed E-state index contributed by atoms with van der Waals surface area (Å²) in [7, 11) is 0. The number of carbonyl (C=O) groups is 2. The van der Waals surface area contributed by atoms with Crippen molar-refractivity contribution in [2.45, 2.75) is 102 Å². The summed E-state index contributed by atoms with van der Waals surface area (Å²) in [6.45, 7) is 11.3. The van der Waals surface area contributed by atoms with Crippen molar-refractivity contribution in [3.05, 3.63) is 24.3 Å². The molecule has 0 aromatic heterocycles. The highest BCUT2D eigenvalue weighted by molar-refractivity contribution is 5.95. The molecule has 1 aliphatic heterocycles. The van der Waals surface area contributed by atoms with Crippen LogP contribution in [0.1, 0.15) is 72.1 Å². The topological polar surface area (TPSA) is 107 Å². The maximum atomic E-state index is 13.4. The smallest absolute Gasteiger partial charge is 0.246 e. The van der Waals surface area contributed by atoms with Gasteiger partial charge in [0.1, 0.15) is 0 Å². The van der Waals surface area contributed by atoms with E-state index < -0.39 is 28.6 Å². The number of hydrogen-bond acceptors (Lipinski definition) is 6. The highest BCUT2D eigenvalue weighted by Crippen LogP contribution is 2.67. The third-order valence-electron chi connectivity index (χ3n) is 11.1. The summed E-state index contributed by atoms with van der Waals surface area (Å²) < 4.78 is 5.84. The average molecular weight is 502 g/mol. The third kappa shape index (κ3) is 3.68. The summed E-state index contributed by atoms with van der Waals surface area (Å²) in [4.78, 5) is 28.2. The zero-order valence-corrected chi connectivity index (χ0v) is 22.0. The van der Waals surface area contributed by atoms with Gasteiger partial charge in [0, 0.05) is 30.5 Å². The summed E-state index contributed by atoms with van der Waals surface area (Å²) in [6, 6.07) is -0.106. The lowest BCUT2D eigenvalue weighted by molar-refractivity contribution is -0.154. The number of amides is 1. The predicted octanol–water partition coefficient (Wildman–Crippen LogP) is 2.77. The molecule has 0 aromatic rings. The van der Waals surface area contributed by atoms with Crippen LogP contribution in [0.15, 0.2) is 24.3 Å². The first-order valence-electron chi connectivity index (χ1n) is 13.9. The van der Waals surface area contributed by atoms with Gasteiger partial charge in [-0.25, -0.2) is 0 Å². The zero-order chi connectivity index (χ0) is 26.0. The van der Waals surface area contributed by atoms with E-state index in [9.17, 15) is 24.9 Å². The Balaban J connectivity index is 1.46. The van der Waals surface area contributed by atoms with Gasteiger partial charge in [-0.2, -0.15) is 0 Å². The molecule has 10 unspecified atom stereocenters. The van der Waals surface area contributed by atoms with Gasteiger partial charge in [0.25, 0.3) is 0 Å². The fraction of sp³-hybridized carbons (Fsp3) is 0.793. The predicted molar refractivity (Wildman–Crippen MR) is 135 cm³/mol. The number of rotatable bonds is 5. The van der Waals surface area contributed by atoms with Crippen LogP contribution < -0.4 is 0 Å². The van der Waals surface area contributed by atoms with Crippen LogP contribution in [-0.4, -0.2) is 75.0 Å². The van der Waals surface area contributed by atoms with Crippen molar-refractivity contribution in [3.8, 4) is 0 Å². The molecular weight excluding hydrogens is 458 g/mol. The molecule has 10 atom stereocenters. The van der Waals surface area contributed by atoms with Gasteiger partial charge in [-0.15, -0.1) is 0 Å². The van der Waals surface area contributed by atoms with E-state index in [1.54, 1.807) is 6.08 Å². The minimum absolute atomic E-state index is 0.00715.